The van der Waals surface area contributed by atoms with Crippen LogP contribution in [-0.4, -0.2) is 47.8 Å². The van der Waals surface area contributed by atoms with Crippen molar-refractivity contribution < 1.29 is 14.6 Å². The molecule has 4 atom stereocenters. The first kappa shape index (κ1) is 13.8. The van der Waals surface area contributed by atoms with Gasteiger partial charge in [0.25, 0.3) is 0 Å². The molecule has 1 saturated carbocycles. The molecule has 0 aromatic rings. The van der Waals surface area contributed by atoms with Crippen LogP contribution in [0.1, 0.15) is 45.4 Å². The molecule has 0 amide bonds. The highest BCUT2D eigenvalue weighted by molar-refractivity contribution is 5.72. The molecule has 4 nitrogen and oxygen atoms in total. The Hall–Kier alpha value is -0.610. The number of ether oxygens (including phenoxy) is 1. The third-order valence-corrected chi connectivity index (χ3v) is 4.51. The molecule has 4 unspecified atom stereocenters. The summed E-state index contributed by atoms with van der Waals surface area (Å²) in [7, 11) is 2.16. The molecule has 104 valence electrons. The van der Waals surface area contributed by atoms with Gasteiger partial charge in [0.05, 0.1) is 6.10 Å². The second-order valence-electron chi connectivity index (χ2n) is 5.93. The summed E-state index contributed by atoms with van der Waals surface area (Å²) in [6.07, 6.45) is 6.33. The number of aliphatic carboxylic acids is 1. The van der Waals surface area contributed by atoms with Gasteiger partial charge < -0.3 is 14.7 Å². The number of carboxylic acid groups (broad SMARTS) is 1. The topological polar surface area (TPSA) is 49.8 Å². The van der Waals surface area contributed by atoms with Crippen molar-refractivity contribution in [3.8, 4) is 0 Å². The average Bonchev–Trinajstić information content (AvgIpc) is 2.78. The lowest BCUT2D eigenvalue weighted by molar-refractivity contribution is -0.149. The van der Waals surface area contributed by atoms with Crippen LogP contribution in [0.4, 0.5) is 0 Å². The molecule has 0 bridgehead atoms. The van der Waals surface area contributed by atoms with E-state index >= 15 is 0 Å². The van der Waals surface area contributed by atoms with Crippen molar-refractivity contribution in [2.24, 2.45) is 5.92 Å². The molecule has 1 aliphatic heterocycles. The molecule has 18 heavy (non-hydrogen) atoms. The van der Waals surface area contributed by atoms with Crippen LogP contribution in [0.2, 0.25) is 0 Å². The van der Waals surface area contributed by atoms with Gasteiger partial charge in [-0.3, -0.25) is 0 Å². The third-order valence-electron chi connectivity index (χ3n) is 4.51. The van der Waals surface area contributed by atoms with Gasteiger partial charge in [-0.1, -0.05) is 19.8 Å². The standard InChI is InChI=1S/C14H25NO3/c1-10-5-3-4-6-12(10)15(2)9-11-7-8-13(18-11)14(16)17/h10-13H,3-9H2,1-2H3,(H,16,17). The van der Waals surface area contributed by atoms with Gasteiger partial charge in [-0.05, 0) is 38.6 Å². The van der Waals surface area contributed by atoms with Gasteiger partial charge in [0.1, 0.15) is 0 Å². The zero-order valence-electron chi connectivity index (χ0n) is 11.5. The summed E-state index contributed by atoms with van der Waals surface area (Å²) in [6, 6.07) is 0.645. The largest absolute Gasteiger partial charge is 0.479 e. The Bertz CT molecular complexity index is 295. The predicted octanol–water partition coefficient (Wildman–Crippen LogP) is 2.13. The number of likely N-dealkylation sites (N-methyl/N-ethyl adjacent to an activating group) is 1. The van der Waals surface area contributed by atoms with Crippen LogP contribution in [0.25, 0.3) is 0 Å². The first-order valence-electron chi connectivity index (χ1n) is 7.16. The SMILES string of the molecule is CC1CCCCC1N(C)CC1CCC(C(=O)O)O1. The second kappa shape index (κ2) is 6.02. The lowest BCUT2D eigenvalue weighted by atomic mass is 9.85. The normalized spacial score (nSPS) is 37.1. The molecular weight excluding hydrogens is 230 g/mol. The van der Waals surface area contributed by atoms with E-state index < -0.39 is 12.1 Å². The average molecular weight is 255 g/mol. The number of rotatable bonds is 4. The molecule has 1 heterocycles. The number of carboxylic acids is 1. The fraction of sp³-hybridized carbons (Fsp3) is 0.929. The van der Waals surface area contributed by atoms with Crippen molar-refractivity contribution in [3.05, 3.63) is 0 Å². The van der Waals surface area contributed by atoms with Gasteiger partial charge in [-0.15, -0.1) is 0 Å². The smallest absolute Gasteiger partial charge is 0.332 e. The Morgan fingerprint density at radius 3 is 2.61 bits per heavy atom. The maximum Gasteiger partial charge on any atom is 0.332 e. The maximum atomic E-state index is 10.8. The highest BCUT2D eigenvalue weighted by atomic mass is 16.5. The van der Waals surface area contributed by atoms with Crippen LogP contribution >= 0.6 is 0 Å². The molecule has 1 saturated heterocycles. The zero-order valence-corrected chi connectivity index (χ0v) is 11.5. The Balaban J connectivity index is 1.80. The summed E-state index contributed by atoms with van der Waals surface area (Å²) in [5, 5.41) is 8.92. The van der Waals surface area contributed by atoms with E-state index in [1.165, 1.54) is 25.7 Å². The molecule has 1 aliphatic carbocycles. The molecule has 0 aromatic carbocycles. The molecule has 0 aromatic heterocycles. The Morgan fingerprint density at radius 2 is 2.00 bits per heavy atom. The summed E-state index contributed by atoms with van der Waals surface area (Å²) in [4.78, 5) is 13.2. The maximum absolute atomic E-state index is 10.8. The minimum atomic E-state index is -0.814. The monoisotopic (exact) mass is 255 g/mol. The molecule has 2 fully saturated rings. The molecule has 1 N–H and O–H groups in total. The van der Waals surface area contributed by atoms with Gasteiger partial charge in [0.2, 0.25) is 0 Å². The fourth-order valence-electron chi connectivity index (χ4n) is 3.43. The first-order chi connectivity index (χ1) is 8.58. The van der Waals surface area contributed by atoms with Gasteiger partial charge in [-0.2, -0.15) is 0 Å². The molecule has 0 radical (unpaired) electrons. The number of hydrogen-bond donors (Lipinski definition) is 1. The molecule has 0 spiro atoms. The fourth-order valence-corrected chi connectivity index (χ4v) is 3.43. The van der Waals surface area contributed by atoms with Crippen LogP contribution in [0.3, 0.4) is 0 Å². The Kier molecular flexibility index (Phi) is 4.62. The lowest BCUT2D eigenvalue weighted by Crippen LogP contribution is -2.42. The summed E-state index contributed by atoms with van der Waals surface area (Å²) in [5.41, 5.74) is 0. The van der Waals surface area contributed by atoms with Crippen LogP contribution < -0.4 is 0 Å². The van der Waals surface area contributed by atoms with Crippen molar-refractivity contribution in [1.82, 2.24) is 4.90 Å². The minimum Gasteiger partial charge on any atom is -0.479 e. The van der Waals surface area contributed by atoms with E-state index in [1.54, 1.807) is 0 Å². The van der Waals surface area contributed by atoms with Gasteiger partial charge >= 0.3 is 5.97 Å². The van der Waals surface area contributed by atoms with Gasteiger partial charge in [0.15, 0.2) is 6.10 Å². The molecule has 2 aliphatic rings. The molecule has 4 heteroatoms. The summed E-state index contributed by atoms with van der Waals surface area (Å²) < 4.78 is 5.58. The zero-order chi connectivity index (χ0) is 13.1. The lowest BCUT2D eigenvalue weighted by Gasteiger charge is -2.37. The Labute approximate surface area is 109 Å². The van der Waals surface area contributed by atoms with E-state index in [1.807, 2.05) is 0 Å². The third kappa shape index (κ3) is 3.23. The number of carbonyl (C=O) groups is 1. The quantitative estimate of drug-likeness (QED) is 0.836. The van der Waals surface area contributed by atoms with E-state index in [0.29, 0.717) is 12.5 Å². The van der Waals surface area contributed by atoms with Crippen LogP contribution in [0.5, 0.6) is 0 Å². The second-order valence-corrected chi connectivity index (χ2v) is 5.93. The van der Waals surface area contributed by atoms with Crippen molar-refractivity contribution in [2.45, 2.75) is 63.7 Å². The summed E-state index contributed by atoms with van der Waals surface area (Å²) >= 11 is 0. The van der Waals surface area contributed by atoms with Crippen molar-refractivity contribution in [3.63, 3.8) is 0 Å². The van der Waals surface area contributed by atoms with Crippen LogP contribution in [0, 0.1) is 5.92 Å². The number of hydrogen-bond acceptors (Lipinski definition) is 3. The Morgan fingerprint density at radius 1 is 1.28 bits per heavy atom. The van der Waals surface area contributed by atoms with Crippen molar-refractivity contribution in [2.75, 3.05) is 13.6 Å². The van der Waals surface area contributed by atoms with Gasteiger partial charge in [-0.25, -0.2) is 4.79 Å². The van der Waals surface area contributed by atoms with Crippen molar-refractivity contribution >= 4 is 5.97 Å². The van der Waals surface area contributed by atoms with Crippen molar-refractivity contribution in [1.29, 1.82) is 0 Å². The summed E-state index contributed by atoms with van der Waals surface area (Å²) in [6.45, 7) is 3.20. The number of nitrogens with zero attached hydrogens (tertiary/aromatic N) is 1. The van der Waals surface area contributed by atoms with E-state index in [9.17, 15) is 4.79 Å². The van der Waals surface area contributed by atoms with Gasteiger partial charge in [0, 0.05) is 12.6 Å². The van der Waals surface area contributed by atoms with E-state index in [-0.39, 0.29) is 6.10 Å². The van der Waals surface area contributed by atoms with Crippen LogP contribution in [0.15, 0.2) is 0 Å². The minimum absolute atomic E-state index is 0.102. The predicted molar refractivity (Wildman–Crippen MR) is 69.6 cm³/mol. The van der Waals surface area contributed by atoms with Crippen LogP contribution in [-0.2, 0) is 9.53 Å². The molecular formula is C14H25NO3. The molecule has 2 rings (SSSR count). The van der Waals surface area contributed by atoms with E-state index in [4.69, 9.17) is 9.84 Å². The summed E-state index contributed by atoms with van der Waals surface area (Å²) in [5.74, 6) is -0.0633. The highest BCUT2D eigenvalue weighted by Crippen LogP contribution is 2.29. The highest BCUT2D eigenvalue weighted by Gasteiger charge is 2.33. The first-order valence-corrected chi connectivity index (χ1v) is 7.16. The van der Waals surface area contributed by atoms with E-state index in [2.05, 4.69) is 18.9 Å². The van der Waals surface area contributed by atoms with E-state index in [0.717, 1.165) is 18.9 Å².